The third kappa shape index (κ3) is 3.04. The average molecular weight is 263 g/mol. The van der Waals surface area contributed by atoms with E-state index in [0.717, 1.165) is 31.0 Å². The van der Waals surface area contributed by atoms with Gasteiger partial charge >= 0.3 is 5.97 Å². The molecule has 0 radical (unpaired) electrons. The Balaban J connectivity index is 2.28. The van der Waals surface area contributed by atoms with Gasteiger partial charge < -0.3 is 15.0 Å². The first-order chi connectivity index (χ1) is 8.93. The van der Waals surface area contributed by atoms with Crippen LogP contribution in [0.25, 0.3) is 0 Å². The van der Waals surface area contributed by atoms with E-state index < -0.39 is 0 Å². The summed E-state index contributed by atoms with van der Waals surface area (Å²) in [6.07, 6.45) is 0. The van der Waals surface area contributed by atoms with Gasteiger partial charge in [0.2, 0.25) is 0 Å². The summed E-state index contributed by atoms with van der Waals surface area (Å²) in [5.74, 6) is 0.453. The second kappa shape index (κ2) is 5.17. The van der Waals surface area contributed by atoms with E-state index in [4.69, 9.17) is 4.74 Å². The average Bonchev–Trinajstić information content (AvgIpc) is 2.37. The number of pyridine rings is 1. The molecule has 0 spiro atoms. The number of piperazine rings is 1. The number of nitrogens with one attached hydrogen (secondary N) is 1. The van der Waals surface area contributed by atoms with E-state index in [1.54, 1.807) is 0 Å². The Morgan fingerprint density at radius 1 is 1.47 bits per heavy atom. The molecule has 0 amide bonds. The minimum atomic E-state index is -0.381. The van der Waals surface area contributed by atoms with Crippen LogP contribution in [0, 0.1) is 6.92 Å². The Hall–Kier alpha value is -1.62. The number of esters is 1. The second-order valence-electron chi connectivity index (χ2n) is 5.56. The Morgan fingerprint density at radius 2 is 2.21 bits per heavy atom. The van der Waals surface area contributed by atoms with Crippen molar-refractivity contribution < 1.29 is 9.53 Å². The van der Waals surface area contributed by atoms with Crippen molar-refractivity contribution in [3.63, 3.8) is 0 Å². The summed E-state index contributed by atoms with van der Waals surface area (Å²) in [6.45, 7) is 8.85. The fourth-order valence-electron chi connectivity index (χ4n) is 2.33. The largest absolute Gasteiger partial charge is 0.464 e. The standard InChI is InChI=1S/C14H21N3O2/c1-10-5-6-11(16-12(10)13(18)19-4)17-8-7-15-14(2,3)9-17/h5-6,15H,7-9H2,1-4H3. The van der Waals surface area contributed by atoms with Gasteiger partial charge in [0.25, 0.3) is 0 Å². The Morgan fingerprint density at radius 3 is 2.84 bits per heavy atom. The first kappa shape index (κ1) is 13.8. The number of nitrogens with zero attached hydrogens (tertiary/aromatic N) is 2. The van der Waals surface area contributed by atoms with Gasteiger partial charge in [-0.15, -0.1) is 0 Å². The third-order valence-electron chi connectivity index (χ3n) is 3.36. The fraction of sp³-hybridized carbons (Fsp3) is 0.571. The van der Waals surface area contributed by atoms with Crippen molar-refractivity contribution in [1.29, 1.82) is 0 Å². The van der Waals surface area contributed by atoms with Crippen LogP contribution in [-0.2, 0) is 4.74 Å². The van der Waals surface area contributed by atoms with Crippen molar-refractivity contribution >= 4 is 11.8 Å². The molecule has 19 heavy (non-hydrogen) atoms. The minimum Gasteiger partial charge on any atom is -0.464 e. The summed E-state index contributed by atoms with van der Waals surface area (Å²) in [5, 5.41) is 3.46. The minimum absolute atomic E-state index is 0.0518. The number of methoxy groups -OCH3 is 1. The van der Waals surface area contributed by atoms with E-state index in [9.17, 15) is 4.79 Å². The van der Waals surface area contributed by atoms with Gasteiger partial charge in [-0.1, -0.05) is 6.07 Å². The monoisotopic (exact) mass is 263 g/mol. The van der Waals surface area contributed by atoms with Gasteiger partial charge in [-0.05, 0) is 32.4 Å². The van der Waals surface area contributed by atoms with Crippen LogP contribution in [-0.4, -0.2) is 43.2 Å². The molecule has 2 heterocycles. The molecule has 1 aliphatic heterocycles. The molecule has 1 aromatic heterocycles. The molecule has 0 bridgehead atoms. The van der Waals surface area contributed by atoms with Crippen LogP contribution in [0.2, 0.25) is 0 Å². The van der Waals surface area contributed by atoms with Crippen molar-refractivity contribution in [2.45, 2.75) is 26.3 Å². The number of aryl methyl sites for hydroxylation is 1. The number of ether oxygens (including phenoxy) is 1. The highest BCUT2D eigenvalue weighted by molar-refractivity contribution is 5.89. The molecular weight excluding hydrogens is 242 g/mol. The molecular formula is C14H21N3O2. The number of carbonyl (C=O) groups is 1. The normalized spacial score (nSPS) is 18.2. The van der Waals surface area contributed by atoms with Crippen LogP contribution >= 0.6 is 0 Å². The molecule has 0 saturated carbocycles. The van der Waals surface area contributed by atoms with Crippen molar-refractivity contribution in [3.8, 4) is 0 Å². The summed E-state index contributed by atoms with van der Waals surface area (Å²) in [5.41, 5.74) is 1.29. The Labute approximate surface area is 114 Å². The lowest BCUT2D eigenvalue weighted by molar-refractivity contribution is 0.0593. The molecule has 0 aliphatic carbocycles. The molecule has 5 heteroatoms. The van der Waals surface area contributed by atoms with E-state index in [1.807, 2.05) is 19.1 Å². The molecule has 104 valence electrons. The summed E-state index contributed by atoms with van der Waals surface area (Å²) < 4.78 is 4.77. The van der Waals surface area contributed by atoms with Crippen LogP contribution in [0.1, 0.15) is 29.9 Å². The van der Waals surface area contributed by atoms with Gasteiger partial charge in [-0.2, -0.15) is 0 Å². The number of carbonyl (C=O) groups excluding carboxylic acids is 1. The molecule has 1 saturated heterocycles. The van der Waals surface area contributed by atoms with Crippen molar-refractivity contribution in [2.24, 2.45) is 0 Å². The van der Waals surface area contributed by atoms with Crippen LogP contribution in [0.15, 0.2) is 12.1 Å². The van der Waals surface area contributed by atoms with Crippen molar-refractivity contribution in [2.75, 3.05) is 31.6 Å². The maximum Gasteiger partial charge on any atom is 0.357 e. The highest BCUT2D eigenvalue weighted by Crippen LogP contribution is 2.20. The predicted octanol–water partition coefficient (Wildman–Crippen LogP) is 1.36. The van der Waals surface area contributed by atoms with E-state index in [0.29, 0.717) is 5.69 Å². The maximum absolute atomic E-state index is 11.7. The summed E-state index contributed by atoms with van der Waals surface area (Å²) in [4.78, 5) is 18.3. The van der Waals surface area contributed by atoms with Crippen molar-refractivity contribution in [1.82, 2.24) is 10.3 Å². The zero-order valence-corrected chi connectivity index (χ0v) is 12.0. The lowest BCUT2D eigenvalue weighted by Gasteiger charge is -2.39. The topological polar surface area (TPSA) is 54.5 Å². The molecule has 5 nitrogen and oxygen atoms in total. The van der Waals surface area contributed by atoms with E-state index >= 15 is 0 Å². The van der Waals surface area contributed by atoms with Crippen LogP contribution < -0.4 is 10.2 Å². The molecule has 1 aliphatic rings. The van der Waals surface area contributed by atoms with Crippen LogP contribution in [0.3, 0.4) is 0 Å². The van der Waals surface area contributed by atoms with Crippen molar-refractivity contribution in [3.05, 3.63) is 23.4 Å². The molecule has 0 aromatic carbocycles. The van der Waals surface area contributed by atoms with Gasteiger partial charge in [-0.3, -0.25) is 0 Å². The maximum atomic E-state index is 11.7. The van der Waals surface area contributed by atoms with Gasteiger partial charge in [0.05, 0.1) is 7.11 Å². The number of rotatable bonds is 2. The lowest BCUT2D eigenvalue weighted by atomic mass is 10.0. The third-order valence-corrected chi connectivity index (χ3v) is 3.36. The number of hydrogen-bond acceptors (Lipinski definition) is 5. The van der Waals surface area contributed by atoms with E-state index in [-0.39, 0.29) is 11.5 Å². The SMILES string of the molecule is COC(=O)c1nc(N2CCNC(C)(C)C2)ccc1C. The van der Waals surface area contributed by atoms with Gasteiger partial charge in [-0.25, -0.2) is 9.78 Å². The number of anilines is 1. The molecule has 2 rings (SSSR count). The highest BCUT2D eigenvalue weighted by atomic mass is 16.5. The zero-order valence-electron chi connectivity index (χ0n) is 12.0. The fourth-order valence-corrected chi connectivity index (χ4v) is 2.33. The molecule has 1 fully saturated rings. The number of hydrogen-bond donors (Lipinski definition) is 1. The Kier molecular flexibility index (Phi) is 3.75. The summed E-state index contributed by atoms with van der Waals surface area (Å²) in [6, 6.07) is 3.88. The first-order valence-electron chi connectivity index (χ1n) is 6.49. The zero-order chi connectivity index (χ0) is 14.0. The van der Waals surface area contributed by atoms with Gasteiger partial charge in [0.1, 0.15) is 5.82 Å². The lowest BCUT2D eigenvalue weighted by Crippen LogP contribution is -2.57. The van der Waals surface area contributed by atoms with Crippen LogP contribution in [0.4, 0.5) is 5.82 Å². The van der Waals surface area contributed by atoms with Gasteiger partial charge in [0, 0.05) is 25.2 Å². The first-order valence-corrected chi connectivity index (χ1v) is 6.49. The van der Waals surface area contributed by atoms with Crippen LogP contribution in [0.5, 0.6) is 0 Å². The molecule has 1 aromatic rings. The Bertz CT molecular complexity index is 486. The van der Waals surface area contributed by atoms with E-state index in [2.05, 4.69) is 29.0 Å². The second-order valence-corrected chi connectivity index (χ2v) is 5.56. The van der Waals surface area contributed by atoms with E-state index in [1.165, 1.54) is 7.11 Å². The highest BCUT2D eigenvalue weighted by Gasteiger charge is 2.27. The molecule has 0 unspecified atom stereocenters. The summed E-state index contributed by atoms with van der Waals surface area (Å²) >= 11 is 0. The molecule has 1 N–H and O–H groups in total. The van der Waals surface area contributed by atoms with Gasteiger partial charge in [0.15, 0.2) is 5.69 Å². The number of aromatic nitrogens is 1. The smallest absolute Gasteiger partial charge is 0.357 e. The quantitative estimate of drug-likeness (QED) is 0.817. The predicted molar refractivity (Wildman–Crippen MR) is 74.6 cm³/mol. The molecule has 0 atom stereocenters. The summed E-state index contributed by atoms with van der Waals surface area (Å²) in [7, 11) is 1.38.